The number of hydrogen-bond acceptors (Lipinski definition) is 1. The van der Waals surface area contributed by atoms with Gasteiger partial charge in [0, 0.05) is 6.42 Å². The molecule has 1 aliphatic heterocycles. The van der Waals surface area contributed by atoms with Crippen LogP contribution in [0.1, 0.15) is 37.0 Å². The standard InChI is InChI=1S/C20H21NO/c1-15(2)13-20(22)21-14-18-9-4-3-7-16(18)11-12-17-8-5-6-10-19(17)21/h3-12,15H,13-14H2,1-2H3/b12-11-. The fraction of sp³-hybridized carbons (Fsp3) is 0.250. The molecule has 0 N–H and O–H groups in total. The van der Waals surface area contributed by atoms with Crippen molar-refractivity contribution in [3.05, 3.63) is 65.2 Å². The van der Waals surface area contributed by atoms with Gasteiger partial charge in [-0.1, -0.05) is 68.5 Å². The number of carbonyl (C=O) groups excluding carboxylic acids is 1. The molecule has 1 heterocycles. The number of fused-ring (bicyclic) bond motifs is 2. The number of carbonyl (C=O) groups is 1. The molecule has 0 bridgehead atoms. The minimum absolute atomic E-state index is 0.188. The Morgan fingerprint density at radius 3 is 2.41 bits per heavy atom. The summed E-state index contributed by atoms with van der Waals surface area (Å²) in [6.45, 7) is 4.80. The fourth-order valence-electron chi connectivity index (χ4n) is 2.83. The molecular weight excluding hydrogens is 270 g/mol. The lowest BCUT2D eigenvalue weighted by Gasteiger charge is -2.27. The predicted molar refractivity (Wildman–Crippen MR) is 92.5 cm³/mol. The molecule has 2 heteroatoms. The highest BCUT2D eigenvalue weighted by Gasteiger charge is 2.21. The number of nitrogens with zero attached hydrogens (tertiary/aromatic N) is 1. The van der Waals surface area contributed by atoms with Gasteiger partial charge in [-0.25, -0.2) is 0 Å². The quantitative estimate of drug-likeness (QED) is 0.782. The highest BCUT2D eigenvalue weighted by atomic mass is 16.2. The van der Waals surface area contributed by atoms with Gasteiger partial charge in [0.15, 0.2) is 0 Å². The van der Waals surface area contributed by atoms with Gasteiger partial charge >= 0.3 is 0 Å². The van der Waals surface area contributed by atoms with E-state index in [1.54, 1.807) is 0 Å². The van der Waals surface area contributed by atoms with E-state index in [0.29, 0.717) is 18.9 Å². The van der Waals surface area contributed by atoms with Gasteiger partial charge < -0.3 is 4.90 Å². The van der Waals surface area contributed by atoms with Gasteiger partial charge in [0.05, 0.1) is 12.2 Å². The van der Waals surface area contributed by atoms with Crippen LogP contribution in [-0.4, -0.2) is 5.91 Å². The number of hydrogen-bond donors (Lipinski definition) is 0. The molecule has 2 aromatic carbocycles. The van der Waals surface area contributed by atoms with Crippen molar-refractivity contribution in [2.24, 2.45) is 5.92 Å². The summed E-state index contributed by atoms with van der Waals surface area (Å²) < 4.78 is 0. The highest BCUT2D eigenvalue weighted by molar-refractivity contribution is 5.97. The first-order chi connectivity index (χ1) is 10.6. The van der Waals surface area contributed by atoms with Crippen LogP contribution in [0.3, 0.4) is 0 Å². The van der Waals surface area contributed by atoms with Gasteiger partial charge in [0.1, 0.15) is 0 Å². The number of amides is 1. The fourth-order valence-corrected chi connectivity index (χ4v) is 2.83. The molecule has 0 fully saturated rings. The number of para-hydroxylation sites is 1. The van der Waals surface area contributed by atoms with E-state index in [2.05, 4.69) is 44.2 Å². The van der Waals surface area contributed by atoms with Crippen molar-refractivity contribution in [3.8, 4) is 0 Å². The van der Waals surface area contributed by atoms with Crippen LogP contribution in [0.15, 0.2) is 48.5 Å². The molecule has 22 heavy (non-hydrogen) atoms. The molecular formula is C20H21NO. The maximum atomic E-state index is 12.7. The van der Waals surface area contributed by atoms with Crippen molar-refractivity contribution in [2.45, 2.75) is 26.8 Å². The Labute approximate surface area is 132 Å². The molecule has 2 nitrogen and oxygen atoms in total. The molecule has 0 unspecified atom stereocenters. The van der Waals surface area contributed by atoms with Crippen LogP contribution in [0.5, 0.6) is 0 Å². The van der Waals surface area contributed by atoms with E-state index in [9.17, 15) is 4.79 Å². The van der Waals surface area contributed by atoms with Crippen LogP contribution in [0, 0.1) is 5.92 Å². The Hall–Kier alpha value is -2.35. The predicted octanol–water partition coefficient (Wildman–Crippen LogP) is 4.75. The van der Waals surface area contributed by atoms with E-state index in [-0.39, 0.29) is 5.91 Å². The van der Waals surface area contributed by atoms with Crippen LogP contribution in [0.25, 0.3) is 12.2 Å². The molecule has 1 aliphatic rings. The van der Waals surface area contributed by atoms with Crippen molar-refractivity contribution in [1.82, 2.24) is 0 Å². The molecule has 0 atom stereocenters. The number of rotatable bonds is 2. The van der Waals surface area contributed by atoms with Crippen LogP contribution in [-0.2, 0) is 11.3 Å². The van der Waals surface area contributed by atoms with Crippen LogP contribution >= 0.6 is 0 Å². The highest BCUT2D eigenvalue weighted by Crippen LogP contribution is 2.29. The summed E-state index contributed by atoms with van der Waals surface area (Å²) in [6.07, 6.45) is 4.81. The van der Waals surface area contributed by atoms with Crippen molar-refractivity contribution in [2.75, 3.05) is 4.90 Å². The Balaban J connectivity index is 2.08. The molecule has 112 valence electrons. The summed E-state index contributed by atoms with van der Waals surface area (Å²) in [5.74, 6) is 0.545. The second kappa shape index (κ2) is 6.18. The maximum Gasteiger partial charge on any atom is 0.227 e. The van der Waals surface area contributed by atoms with E-state index in [1.165, 1.54) is 11.1 Å². The normalized spacial score (nSPS) is 14.8. The lowest BCUT2D eigenvalue weighted by atomic mass is 10.00. The Kier molecular flexibility index (Phi) is 4.10. The van der Waals surface area contributed by atoms with E-state index >= 15 is 0 Å². The SMILES string of the molecule is CC(C)CC(=O)N1Cc2ccccc2/C=C\c2ccccc21. The second-order valence-corrected chi connectivity index (χ2v) is 6.17. The van der Waals surface area contributed by atoms with Gasteiger partial charge in [-0.3, -0.25) is 4.79 Å². The zero-order chi connectivity index (χ0) is 15.5. The van der Waals surface area contributed by atoms with Gasteiger partial charge in [0.2, 0.25) is 5.91 Å². The van der Waals surface area contributed by atoms with Crippen molar-refractivity contribution in [3.63, 3.8) is 0 Å². The van der Waals surface area contributed by atoms with Crippen LogP contribution < -0.4 is 4.90 Å². The first-order valence-electron chi connectivity index (χ1n) is 7.80. The van der Waals surface area contributed by atoms with Crippen LogP contribution in [0.2, 0.25) is 0 Å². The lowest BCUT2D eigenvalue weighted by Crippen LogP contribution is -2.32. The average molecular weight is 291 g/mol. The average Bonchev–Trinajstić information content (AvgIpc) is 2.49. The molecule has 0 aromatic heterocycles. The molecule has 0 saturated heterocycles. The van der Waals surface area contributed by atoms with Crippen molar-refractivity contribution in [1.29, 1.82) is 0 Å². The number of benzene rings is 2. The van der Waals surface area contributed by atoms with Gasteiger partial charge in [-0.15, -0.1) is 0 Å². The molecule has 0 radical (unpaired) electrons. The topological polar surface area (TPSA) is 20.3 Å². The first kappa shape index (κ1) is 14.6. The van der Waals surface area contributed by atoms with E-state index in [1.807, 2.05) is 35.2 Å². The van der Waals surface area contributed by atoms with Gasteiger partial charge in [-0.05, 0) is 28.7 Å². The summed E-state index contributed by atoms with van der Waals surface area (Å²) in [4.78, 5) is 14.7. The summed E-state index contributed by atoms with van der Waals surface area (Å²) in [6, 6.07) is 16.4. The Morgan fingerprint density at radius 1 is 1.00 bits per heavy atom. The minimum Gasteiger partial charge on any atom is -0.307 e. The lowest BCUT2D eigenvalue weighted by molar-refractivity contribution is -0.119. The summed E-state index contributed by atoms with van der Waals surface area (Å²) >= 11 is 0. The van der Waals surface area contributed by atoms with E-state index in [4.69, 9.17) is 0 Å². The summed E-state index contributed by atoms with van der Waals surface area (Å²) in [7, 11) is 0. The van der Waals surface area contributed by atoms with E-state index < -0.39 is 0 Å². The largest absolute Gasteiger partial charge is 0.307 e. The zero-order valence-electron chi connectivity index (χ0n) is 13.1. The Bertz CT molecular complexity index is 715. The molecule has 0 spiro atoms. The third-order valence-corrected chi connectivity index (χ3v) is 3.94. The van der Waals surface area contributed by atoms with Crippen LogP contribution in [0.4, 0.5) is 5.69 Å². The third kappa shape index (κ3) is 2.96. The van der Waals surface area contributed by atoms with Crippen molar-refractivity contribution < 1.29 is 4.79 Å². The third-order valence-electron chi connectivity index (χ3n) is 3.94. The zero-order valence-corrected chi connectivity index (χ0v) is 13.1. The summed E-state index contributed by atoms with van der Waals surface area (Å²) in [5.41, 5.74) is 4.46. The summed E-state index contributed by atoms with van der Waals surface area (Å²) in [5, 5.41) is 0. The van der Waals surface area contributed by atoms with E-state index in [0.717, 1.165) is 11.3 Å². The molecule has 0 aliphatic carbocycles. The van der Waals surface area contributed by atoms with Gasteiger partial charge in [-0.2, -0.15) is 0 Å². The monoisotopic (exact) mass is 291 g/mol. The molecule has 3 rings (SSSR count). The first-order valence-corrected chi connectivity index (χ1v) is 7.80. The molecule has 1 amide bonds. The number of anilines is 1. The second-order valence-electron chi connectivity index (χ2n) is 6.17. The minimum atomic E-state index is 0.188. The molecule has 0 saturated carbocycles. The smallest absolute Gasteiger partial charge is 0.227 e. The van der Waals surface area contributed by atoms with Crippen molar-refractivity contribution >= 4 is 23.7 Å². The van der Waals surface area contributed by atoms with Gasteiger partial charge in [0.25, 0.3) is 0 Å². The molecule has 2 aromatic rings. The Morgan fingerprint density at radius 2 is 1.64 bits per heavy atom. The maximum absolute atomic E-state index is 12.7.